The molecule has 0 bridgehead atoms. The van der Waals surface area contributed by atoms with Crippen LogP contribution in [-0.4, -0.2) is 11.5 Å². The lowest BCUT2D eigenvalue weighted by molar-refractivity contribution is 0.419. The van der Waals surface area contributed by atoms with Crippen LogP contribution >= 0.6 is 11.5 Å². The van der Waals surface area contributed by atoms with Gasteiger partial charge in [0.15, 0.2) is 16.6 Å². The van der Waals surface area contributed by atoms with E-state index in [1.54, 1.807) is 0 Å². The number of nitrogens with one attached hydrogen (secondary N) is 1. The summed E-state index contributed by atoms with van der Waals surface area (Å²) >= 11 is 1.12. The van der Waals surface area contributed by atoms with Gasteiger partial charge < -0.3 is 15.8 Å². The molecule has 18 heavy (non-hydrogen) atoms. The van der Waals surface area contributed by atoms with E-state index in [4.69, 9.17) is 10.5 Å². The number of halogens is 2. The molecule has 0 spiro atoms. The van der Waals surface area contributed by atoms with Crippen molar-refractivity contribution in [3.8, 4) is 5.75 Å². The monoisotopic (exact) mass is 271 g/mol. The Morgan fingerprint density at radius 2 is 2.22 bits per heavy atom. The zero-order valence-electron chi connectivity index (χ0n) is 9.54. The highest BCUT2D eigenvalue weighted by Gasteiger charge is 2.12. The van der Waals surface area contributed by atoms with Crippen molar-refractivity contribution in [1.29, 1.82) is 0 Å². The highest BCUT2D eigenvalue weighted by Crippen LogP contribution is 2.34. The third-order valence-corrected chi connectivity index (χ3v) is 3.13. The highest BCUT2D eigenvalue weighted by molar-refractivity contribution is 7.11. The molecule has 0 unspecified atom stereocenters. The molecule has 0 saturated heterocycles. The van der Waals surface area contributed by atoms with E-state index in [1.165, 1.54) is 19.2 Å². The fourth-order valence-corrected chi connectivity index (χ4v) is 2.12. The third kappa shape index (κ3) is 2.51. The molecule has 96 valence electrons. The maximum Gasteiger partial charge on any atom is 0.197 e. The lowest BCUT2D eigenvalue weighted by Gasteiger charge is -2.07. The normalized spacial score (nSPS) is 10.4. The molecule has 2 aromatic rings. The summed E-state index contributed by atoms with van der Waals surface area (Å²) in [7, 11) is 1.48. The van der Waals surface area contributed by atoms with Gasteiger partial charge in [-0.25, -0.2) is 8.78 Å². The molecule has 0 aliphatic carbocycles. The summed E-state index contributed by atoms with van der Waals surface area (Å²) in [6, 6.07) is 3.43. The highest BCUT2D eigenvalue weighted by atomic mass is 32.1. The average Bonchev–Trinajstić information content (AvgIpc) is 2.69. The van der Waals surface area contributed by atoms with Crippen LogP contribution in [0.15, 0.2) is 18.2 Å². The molecule has 7 heteroatoms. The fraction of sp³-hybridized carbons (Fsp3) is 0.182. The quantitative estimate of drug-likeness (QED) is 0.897. The number of benzene rings is 1. The minimum atomic E-state index is -0.601. The molecule has 4 nitrogen and oxygen atoms in total. The SMILES string of the molecule is COc1c(N)nsc1NCc1ccc(F)cc1F. The molecule has 0 aliphatic heterocycles. The van der Waals surface area contributed by atoms with Gasteiger partial charge in [-0.1, -0.05) is 6.07 Å². The lowest BCUT2D eigenvalue weighted by atomic mass is 10.2. The standard InChI is InChI=1S/C11H11F2N3OS/c1-17-9-10(14)16-18-11(9)15-5-6-2-3-7(12)4-8(6)13/h2-4,15H,5H2,1H3,(H2,14,16). The zero-order valence-corrected chi connectivity index (χ0v) is 10.4. The summed E-state index contributed by atoms with van der Waals surface area (Å²) in [6.07, 6.45) is 0. The van der Waals surface area contributed by atoms with Gasteiger partial charge in [0.05, 0.1) is 7.11 Å². The molecule has 1 heterocycles. The van der Waals surface area contributed by atoms with Crippen molar-refractivity contribution in [2.45, 2.75) is 6.54 Å². The smallest absolute Gasteiger partial charge is 0.197 e. The predicted octanol–water partition coefficient (Wildman–Crippen LogP) is 2.62. The number of hydrogen-bond acceptors (Lipinski definition) is 5. The van der Waals surface area contributed by atoms with Gasteiger partial charge in [0.1, 0.15) is 11.6 Å². The second kappa shape index (κ2) is 5.18. The number of anilines is 2. The van der Waals surface area contributed by atoms with Gasteiger partial charge in [-0.2, -0.15) is 4.37 Å². The first-order valence-electron chi connectivity index (χ1n) is 5.08. The Labute approximate surface area is 107 Å². The summed E-state index contributed by atoms with van der Waals surface area (Å²) in [5.74, 6) is -0.484. The Morgan fingerprint density at radius 1 is 1.44 bits per heavy atom. The first-order chi connectivity index (χ1) is 8.61. The number of nitrogens with zero attached hydrogens (tertiary/aromatic N) is 1. The number of methoxy groups -OCH3 is 1. The second-order valence-electron chi connectivity index (χ2n) is 3.52. The lowest BCUT2D eigenvalue weighted by Crippen LogP contribution is -2.02. The summed E-state index contributed by atoms with van der Waals surface area (Å²) in [4.78, 5) is 0. The van der Waals surface area contributed by atoms with Crippen molar-refractivity contribution in [3.63, 3.8) is 0 Å². The van der Waals surface area contributed by atoms with Crippen LogP contribution in [0.5, 0.6) is 5.75 Å². The molecule has 1 aromatic heterocycles. The van der Waals surface area contributed by atoms with Crippen LogP contribution in [-0.2, 0) is 6.54 Å². The summed E-state index contributed by atoms with van der Waals surface area (Å²) in [5.41, 5.74) is 5.93. The van der Waals surface area contributed by atoms with E-state index >= 15 is 0 Å². The molecule has 3 N–H and O–H groups in total. The predicted molar refractivity (Wildman–Crippen MR) is 66.8 cm³/mol. The molecule has 0 saturated carbocycles. The van der Waals surface area contributed by atoms with Gasteiger partial charge in [-0.15, -0.1) is 0 Å². The summed E-state index contributed by atoms with van der Waals surface area (Å²) in [6.45, 7) is 0.199. The van der Waals surface area contributed by atoms with Gasteiger partial charge in [0.2, 0.25) is 0 Å². The first-order valence-corrected chi connectivity index (χ1v) is 5.86. The van der Waals surface area contributed by atoms with Crippen LogP contribution in [0.1, 0.15) is 5.56 Å². The molecule has 0 aliphatic rings. The number of nitrogens with two attached hydrogens (primary N) is 1. The van der Waals surface area contributed by atoms with Crippen molar-refractivity contribution >= 4 is 22.4 Å². The van der Waals surface area contributed by atoms with Crippen molar-refractivity contribution in [2.24, 2.45) is 0 Å². The van der Waals surface area contributed by atoms with Crippen molar-refractivity contribution < 1.29 is 13.5 Å². The van der Waals surface area contributed by atoms with E-state index in [0.717, 1.165) is 17.6 Å². The summed E-state index contributed by atoms with van der Waals surface area (Å²) in [5, 5.41) is 3.56. The van der Waals surface area contributed by atoms with Gasteiger partial charge >= 0.3 is 0 Å². The van der Waals surface area contributed by atoms with Crippen molar-refractivity contribution in [3.05, 3.63) is 35.4 Å². The number of rotatable bonds is 4. The van der Waals surface area contributed by atoms with Crippen LogP contribution in [0.4, 0.5) is 19.6 Å². The van der Waals surface area contributed by atoms with E-state index in [-0.39, 0.29) is 12.4 Å². The van der Waals surface area contributed by atoms with E-state index in [9.17, 15) is 8.78 Å². The molecule has 0 radical (unpaired) electrons. The van der Waals surface area contributed by atoms with E-state index in [2.05, 4.69) is 9.69 Å². The largest absolute Gasteiger partial charge is 0.490 e. The molecular weight excluding hydrogens is 260 g/mol. The van der Waals surface area contributed by atoms with Crippen LogP contribution < -0.4 is 15.8 Å². The number of hydrogen-bond donors (Lipinski definition) is 2. The Bertz CT molecular complexity index is 559. The maximum atomic E-state index is 13.4. The number of aromatic nitrogens is 1. The van der Waals surface area contributed by atoms with E-state index in [1.807, 2.05) is 0 Å². The van der Waals surface area contributed by atoms with Crippen molar-refractivity contribution in [2.75, 3.05) is 18.2 Å². The molecular formula is C11H11F2N3OS. The van der Waals surface area contributed by atoms with Gasteiger partial charge in [0.25, 0.3) is 0 Å². The topological polar surface area (TPSA) is 60.2 Å². The van der Waals surface area contributed by atoms with Crippen LogP contribution in [0, 0.1) is 11.6 Å². The van der Waals surface area contributed by atoms with E-state index in [0.29, 0.717) is 16.3 Å². The Kier molecular flexibility index (Phi) is 3.61. The average molecular weight is 271 g/mol. The molecule has 0 amide bonds. The van der Waals surface area contributed by atoms with Crippen LogP contribution in [0.25, 0.3) is 0 Å². The van der Waals surface area contributed by atoms with E-state index < -0.39 is 11.6 Å². The third-order valence-electron chi connectivity index (χ3n) is 2.33. The zero-order chi connectivity index (χ0) is 13.1. The molecule has 2 rings (SSSR count). The number of ether oxygens (including phenoxy) is 1. The Morgan fingerprint density at radius 3 is 2.89 bits per heavy atom. The van der Waals surface area contributed by atoms with Gasteiger partial charge in [-0.05, 0) is 17.6 Å². The van der Waals surface area contributed by atoms with Crippen LogP contribution in [0.2, 0.25) is 0 Å². The Hall–Kier alpha value is -1.89. The molecule has 1 aromatic carbocycles. The minimum Gasteiger partial charge on any atom is -0.490 e. The first kappa shape index (κ1) is 12.6. The Balaban J connectivity index is 2.11. The second-order valence-corrected chi connectivity index (χ2v) is 4.29. The van der Waals surface area contributed by atoms with Crippen molar-refractivity contribution in [1.82, 2.24) is 4.37 Å². The molecule has 0 fully saturated rings. The number of nitrogen functional groups attached to an aromatic ring is 1. The van der Waals surface area contributed by atoms with Crippen LogP contribution in [0.3, 0.4) is 0 Å². The van der Waals surface area contributed by atoms with Gasteiger partial charge in [-0.3, -0.25) is 0 Å². The van der Waals surface area contributed by atoms with Gasteiger partial charge in [0, 0.05) is 18.2 Å². The minimum absolute atomic E-state index is 0.199. The molecule has 0 atom stereocenters. The maximum absolute atomic E-state index is 13.4. The fourth-order valence-electron chi connectivity index (χ4n) is 1.44. The summed E-state index contributed by atoms with van der Waals surface area (Å²) < 4.78 is 35.1.